The van der Waals surface area contributed by atoms with Crippen LogP contribution in [0.1, 0.15) is 11.1 Å². The number of benzene rings is 6. The molecule has 8 aromatic rings. The van der Waals surface area contributed by atoms with Crippen LogP contribution in [-0.4, -0.2) is 19.5 Å². The average Bonchev–Trinajstić information content (AvgIpc) is 3.40. The smallest absolute Gasteiger partial charge is 0.164 e. The van der Waals surface area contributed by atoms with Crippen LogP contribution in [0.25, 0.3) is 72.8 Å². The lowest BCUT2D eigenvalue weighted by molar-refractivity contribution is 0.628. The van der Waals surface area contributed by atoms with Crippen molar-refractivity contribution < 1.29 is 4.39 Å². The number of aryl methyl sites for hydroxylation is 2. The van der Waals surface area contributed by atoms with Crippen LogP contribution >= 0.6 is 0 Å². The van der Waals surface area contributed by atoms with Crippen molar-refractivity contribution in [1.82, 2.24) is 19.5 Å². The Balaban J connectivity index is 1.41. The number of hydrogen-bond donors (Lipinski definition) is 0. The third-order valence-electron chi connectivity index (χ3n) is 8.42. The Labute approximate surface area is 266 Å². The highest BCUT2D eigenvalue weighted by Crippen LogP contribution is 2.38. The van der Waals surface area contributed by atoms with Crippen LogP contribution in [0.15, 0.2) is 140 Å². The van der Waals surface area contributed by atoms with Gasteiger partial charge in [0.2, 0.25) is 0 Å². The summed E-state index contributed by atoms with van der Waals surface area (Å²) in [5.41, 5.74) is 9.73. The average molecular weight is 597 g/mol. The summed E-state index contributed by atoms with van der Waals surface area (Å²) >= 11 is 0. The van der Waals surface area contributed by atoms with Crippen LogP contribution in [0.3, 0.4) is 0 Å². The zero-order valence-corrected chi connectivity index (χ0v) is 25.4. The van der Waals surface area contributed by atoms with Crippen molar-refractivity contribution in [2.24, 2.45) is 0 Å². The second kappa shape index (κ2) is 11.2. The lowest BCUT2D eigenvalue weighted by atomic mass is 9.97. The standard InChI is InChI=1S/C41H29FN4/c1-26-16-19-33-34-20-17-27(2)23-38(34)46(37(33)22-26)32-18-21-35(36(25-32)30-14-9-15-31(42)24-30)41-44-39(28-10-5-3-6-11-28)43-40(45-41)29-12-7-4-8-13-29/h3-25H,1-2H3. The maximum atomic E-state index is 14.8. The molecule has 0 fully saturated rings. The maximum Gasteiger partial charge on any atom is 0.164 e. The minimum absolute atomic E-state index is 0.303. The van der Waals surface area contributed by atoms with Crippen LogP contribution in [0, 0.1) is 19.7 Å². The molecule has 8 rings (SSSR count). The molecule has 0 amide bonds. The molecule has 0 saturated heterocycles. The molecule has 2 heterocycles. The van der Waals surface area contributed by atoms with E-state index in [4.69, 9.17) is 15.0 Å². The van der Waals surface area contributed by atoms with Gasteiger partial charge in [0.05, 0.1) is 11.0 Å². The van der Waals surface area contributed by atoms with Crippen molar-refractivity contribution in [3.8, 4) is 51.0 Å². The van der Waals surface area contributed by atoms with Gasteiger partial charge in [0.25, 0.3) is 0 Å². The van der Waals surface area contributed by atoms with Gasteiger partial charge < -0.3 is 4.57 Å². The van der Waals surface area contributed by atoms with Crippen LogP contribution in [0.4, 0.5) is 4.39 Å². The van der Waals surface area contributed by atoms with Crippen LogP contribution in [0.5, 0.6) is 0 Å². The number of halogens is 1. The highest BCUT2D eigenvalue weighted by Gasteiger charge is 2.19. The fourth-order valence-corrected chi connectivity index (χ4v) is 6.21. The van der Waals surface area contributed by atoms with Crippen molar-refractivity contribution in [2.75, 3.05) is 0 Å². The van der Waals surface area contributed by atoms with Gasteiger partial charge in [-0.25, -0.2) is 19.3 Å². The molecule has 2 aromatic heterocycles. The zero-order valence-electron chi connectivity index (χ0n) is 25.4. The van der Waals surface area contributed by atoms with E-state index in [9.17, 15) is 4.39 Å². The van der Waals surface area contributed by atoms with Crippen molar-refractivity contribution >= 4 is 21.8 Å². The van der Waals surface area contributed by atoms with Gasteiger partial charge in [0.1, 0.15) is 5.82 Å². The van der Waals surface area contributed by atoms with E-state index >= 15 is 0 Å². The first kappa shape index (κ1) is 27.6. The normalized spacial score (nSPS) is 11.4. The molecule has 0 aliphatic rings. The zero-order chi connectivity index (χ0) is 31.2. The Morgan fingerprint density at radius 1 is 0.457 bits per heavy atom. The lowest BCUT2D eigenvalue weighted by Crippen LogP contribution is -2.02. The minimum Gasteiger partial charge on any atom is -0.309 e. The van der Waals surface area contributed by atoms with Gasteiger partial charge in [-0.15, -0.1) is 0 Å². The van der Waals surface area contributed by atoms with Gasteiger partial charge in [-0.05, 0) is 78.6 Å². The summed E-state index contributed by atoms with van der Waals surface area (Å²) in [4.78, 5) is 14.9. The molecule has 5 heteroatoms. The predicted octanol–water partition coefficient (Wildman–Crippen LogP) is 10.4. The number of rotatable bonds is 5. The minimum atomic E-state index is -0.303. The van der Waals surface area contributed by atoms with Gasteiger partial charge in [0, 0.05) is 33.2 Å². The molecule has 0 N–H and O–H groups in total. The van der Waals surface area contributed by atoms with E-state index in [1.54, 1.807) is 12.1 Å². The summed E-state index contributed by atoms with van der Waals surface area (Å²) in [5, 5.41) is 2.38. The SMILES string of the molecule is Cc1ccc2c3ccc(C)cc3n(-c3ccc(-c4nc(-c5ccccc5)nc(-c5ccccc5)n4)c(-c4cccc(F)c4)c3)c2c1. The first-order valence-electron chi connectivity index (χ1n) is 15.3. The monoisotopic (exact) mass is 596 g/mol. The van der Waals surface area contributed by atoms with Gasteiger partial charge in [0.15, 0.2) is 17.5 Å². The van der Waals surface area contributed by atoms with Gasteiger partial charge in [-0.2, -0.15) is 0 Å². The Hall–Kier alpha value is -5.94. The molecule has 6 aromatic carbocycles. The highest BCUT2D eigenvalue weighted by atomic mass is 19.1. The molecular formula is C41H29FN4. The first-order chi connectivity index (χ1) is 22.5. The molecule has 4 nitrogen and oxygen atoms in total. The second-order valence-corrected chi connectivity index (χ2v) is 11.7. The third kappa shape index (κ3) is 4.92. The van der Waals surface area contributed by atoms with Crippen LogP contribution in [-0.2, 0) is 0 Å². The van der Waals surface area contributed by atoms with Gasteiger partial charge in [-0.1, -0.05) is 97.1 Å². The molecule has 0 radical (unpaired) electrons. The molecule has 0 aliphatic heterocycles. The summed E-state index contributed by atoms with van der Waals surface area (Å²) < 4.78 is 17.1. The fourth-order valence-electron chi connectivity index (χ4n) is 6.21. The molecule has 220 valence electrons. The number of hydrogen-bond acceptors (Lipinski definition) is 3. The second-order valence-electron chi connectivity index (χ2n) is 11.7. The van der Waals surface area contributed by atoms with E-state index in [2.05, 4.69) is 73.0 Å². The van der Waals surface area contributed by atoms with E-state index in [-0.39, 0.29) is 5.82 Å². The third-order valence-corrected chi connectivity index (χ3v) is 8.42. The fraction of sp³-hybridized carbons (Fsp3) is 0.0488. The Morgan fingerprint density at radius 2 is 1.00 bits per heavy atom. The summed E-state index contributed by atoms with van der Waals surface area (Å²) in [6, 6.07) is 46.0. The molecule has 0 spiro atoms. The van der Waals surface area contributed by atoms with Crippen LogP contribution in [0.2, 0.25) is 0 Å². The number of nitrogens with zero attached hydrogens (tertiary/aromatic N) is 4. The van der Waals surface area contributed by atoms with E-state index < -0.39 is 0 Å². The molecule has 0 atom stereocenters. The summed E-state index contributed by atoms with van der Waals surface area (Å²) in [7, 11) is 0. The van der Waals surface area contributed by atoms with E-state index in [1.165, 1.54) is 28.0 Å². The predicted molar refractivity (Wildman–Crippen MR) is 185 cm³/mol. The number of aromatic nitrogens is 4. The number of fused-ring (bicyclic) bond motifs is 3. The van der Waals surface area contributed by atoms with E-state index in [1.807, 2.05) is 66.7 Å². The van der Waals surface area contributed by atoms with E-state index in [0.717, 1.165) is 44.5 Å². The molecular weight excluding hydrogens is 567 g/mol. The van der Waals surface area contributed by atoms with Crippen LogP contribution < -0.4 is 0 Å². The lowest BCUT2D eigenvalue weighted by Gasteiger charge is -2.16. The first-order valence-corrected chi connectivity index (χ1v) is 15.3. The van der Waals surface area contributed by atoms with Gasteiger partial charge in [-0.3, -0.25) is 0 Å². The maximum absolute atomic E-state index is 14.8. The molecule has 0 saturated carbocycles. The van der Waals surface area contributed by atoms with Gasteiger partial charge >= 0.3 is 0 Å². The summed E-state index contributed by atoms with van der Waals surface area (Å²) in [6.45, 7) is 4.23. The molecule has 0 bridgehead atoms. The quantitative estimate of drug-likeness (QED) is 0.199. The Morgan fingerprint density at radius 3 is 1.57 bits per heavy atom. The topological polar surface area (TPSA) is 43.6 Å². The molecule has 0 aliphatic carbocycles. The van der Waals surface area contributed by atoms with Crippen molar-refractivity contribution in [3.63, 3.8) is 0 Å². The van der Waals surface area contributed by atoms with Crippen molar-refractivity contribution in [3.05, 3.63) is 156 Å². The highest BCUT2D eigenvalue weighted by molar-refractivity contribution is 6.09. The molecule has 0 unspecified atom stereocenters. The van der Waals surface area contributed by atoms with Crippen molar-refractivity contribution in [2.45, 2.75) is 13.8 Å². The summed E-state index contributed by atoms with van der Waals surface area (Å²) in [5.74, 6) is 1.37. The van der Waals surface area contributed by atoms with E-state index in [0.29, 0.717) is 17.5 Å². The Bertz CT molecular complexity index is 2280. The molecule has 46 heavy (non-hydrogen) atoms. The summed E-state index contributed by atoms with van der Waals surface area (Å²) in [6.07, 6.45) is 0. The van der Waals surface area contributed by atoms with Crippen molar-refractivity contribution in [1.29, 1.82) is 0 Å². The largest absolute Gasteiger partial charge is 0.309 e. The Kier molecular flexibility index (Phi) is 6.72.